The van der Waals surface area contributed by atoms with Gasteiger partial charge >= 0.3 is 0 Å². The molecule has 0 radical (unpaired) electrons. The lowest BCUT2D eigenvalue weighted by Crippen LogP contribution is -2.57. The number of nitrogens with one attached hydrogen (secondary N) is 2. The minimum Gasteiger partial charge on any atom is -0.345 e. The predicted molar refractivity (Wildman–Crippen MR) is 85.8 cm³/mol. The number of hydrogen-bond acceptors (Lipinski definition) is 4. The molecule has 1 aliphatic rings. The summed E-state index contributed by atoms with van der Waals surface area (Å²) < 4.78 is 0. The summed E-state index contributed by atoms with van der Waals surface area (Å²) in [7, 11) is 0. The summed E-state index contributed by atoms with van der Waals surface area (Å²) in [6.07, 6.45) is 1.76. The van der Waals surface area contributed by atoms with Crippen LogP contribution in [-0.4, -0.2) is 45.9 Å². The van der Waals surface area contributed by atoms with E-state index in [1.54, 1.807) is 6.20 Å². The average Bonchev–Trinajstić information content (AvgIpc) is 2.44. The Morgan fingerprint density at radius 2 is 2.10 bits per heavy atom. The van der Waals surface area contributed by atoms with Crippen LogP contribution >= 0.6 is 12.2 Å². The Hall–Kier alpha value is -1.53. The molecule has 1 saturated heterocycles. The highest BCUT2D eigenvalue weighted by molar-refractivity contribution is 7.80. The zero-order valence-electron chi connectivity index (χ0n) is 12.1. The van der Waals surface area contributed by atoms with Gasteiger partial charge in [0.15, 0.2) is 5.11 Å². The van der Waals surface area contributed by atoms with Gasteiger partial charge in [-0.1, -0.05) is 6.07 Å². The molecule has 0 bridgehead atoms. The summed E-state index contributed by atoms with van der Waals surface area (Å²) in [5, 5.41) is 8.47. The summed E-state index contributed by atoms with van der Waals surface area (Å²) in [6.45, 7) is 8.03. The number of pyridine rings is 1. The Morgan fingerprint density at radius 3 is 2.70 bits per heavy atom. The smallest absolute Gasteiger partial charge is 0.189 e. The lowest BCUT2D eigenvalue weighted by Gasteiger charge is -2.37. The topological polar surface area (TPSA) is 52.6 Å². The quantitative estimate of drug-likeness (QED) is 0.489. The van der Waals surface area contributed by atoms with Gasteiger partial charge in [0, 0.05) is 31.4 Å². The number of aromatic nitrogens is 1. The Kier molecular flexibility index (Phi) is 5.03. The fraction of sp³-hybridized carbons (Fsp3) is 0.500. The van der Waals surface area contributed by atoms with Crippen molar-refractivity contribution in [2.75, 3.05) is 13.1 Å². The third-order valence-corrected chi connectivity index (χ3v) is 3.55. The summed E-state index contributed by atoms with van der Waals surface area (Å²) in [5.41, 5.74) is 4.64. The number of rotatable bonds is 2. The first-order chi connectivity index (χ1) is 9.56. The van der Waals surface area contributed by atoms with E-state index in [-0.39, 0.29) is 0 Å². The monoisotopic (exact) mass is 291 g/mol. The Morgan fingerprint density at radius 1 is 1.40 bits per heavy atom. The van der Waals surface area contributed by atoms with Gasteiger partial charge in [-0.05, 0) is 45.1 Å². The molecular formula is C14H21N5S. The molecule has 1 aromatic heterocycles. The van der Waals surface area contributed by atoms with E-state index in [0.29, 0.717) is 17.2 Å². The molecule has 108 valence electrons. The molecule has 0 amide bonds. The largest absolute Gasteiger partial charge is 0.345 e. The van der Waals surface area contributed by atoms with Crippen molar-refractivity contribution >= 4 is 23.0 Å². The molecule has 2 heterocycles. The molecule has 0 spiro atoms. The first-order valence-corrected chi connectivity index (χ1v) is 7.23. The van der Waals surface area contributed by atoms with E-state index in [0.717, 1.165) is 24.5 Å². The Labute approximate surface area is 125 Å². The van der Waals surface area contributed by atoms with Crippen LogP contribution in [0.3, 0.4) is 0 Å². The fourth-order valence-corrected chi connectivity index (χ4v) is 2.52. The highest BCUT2D eigenvalue weighted by atomic mass is 32.1. The highest BCUT2D eigenvalue weighted by Gasteiger charge is 2.22. The zero-order chi connectivity index (χ0) is 14.5. The van der Waals surface area contributed by atoms with E-state index in [1.807, 2.05) is 25.1 Å². The standard InChI is InChI=1S/C14H21N5S/c1-10-8-19(9-11(2)16-10)14(20)18-17-12(3)13-6-4-5-7-15-13/h4-7,10-11,16H,8-9H2,1-3H3,(H,18,20)/b17-12+. The average molecular weight is 291 g/mol. The number of hydrogen-bond donors (Lipinski definition) is 2. The first-order valence-electron chi connectivity index (χ1n) is 6.83. The van der Waals surface area contributed by atoms with Crippen LogP contribution in [0.2, 0.25) is 0 Å². The van der Waals surface area contributed by atoms with Gasteiger partial charge < -0.3 is 10.2 Å². The molecule has 20 heavy (non-hydrogen) atoms. The van der Waals surface area contributed by atoms with Gasteiger partial charge in [-0.3, -0.25) is 10.4 Å². The van der Waals surface area contributed by atoms with Crippen molar-refractivity contribution in [3.05, 3.63) is 30.1 Å². The van der Waals surface area contributed by atoms with Gasteiger partial charge in [-0.2, -0.15) is 5.10 Å². The van der Waals surface area contributed by atoms with E-state index < -0.39 is 0 Å². The lowest BCUT2D eigenvalue weighted by molar-refractivity contribution is 0.253. The van der Waals surface area contributed by atoms with Crippen molar-refractivity contribution in [2.45, 2.75) is 32.9 Å². The minimum atomic E-state index is 0.430. The van der Waals surface area contributed by atoms with Crippen LogP contribution in [0.1, 0.15) is 26.5 Å². The number of piperazine rings is 1. The SMILES string of the molecule is C/C(=N\NC(=S)N1CC(C)NC(C)C1)c1ccccn1. The van der Waals surface area contributed by atoms with Gasteiger partial charge in [0.1, 0.15) is 0 Å². The second-order valence-corrected chi connectivity index (χ2v) is 5.59. The second kappa shape index (κ2) is 6.76. The van der Waals surface area contributed by atoms with Crippen LogP contribution in [0.5, 0.6) is 0 Å². The zero-order valence-corrected chi connectivity index (χ0v) is 12.9. The van der Waals surface area contributed by atoms with Gasteiger partial charge in [-0.25, -0.2) is 0 Å². The maximum Gasteiger partial charge on any atom is 0.189 e. The minimum absolute atomic E-state index is 0.430. The van der Waals surface area contributed by atoms with E-state index in [2.05, 4.69) is 39.6 Å². The van der Waals surface area contributed by atoms with Crippen molar-refractivity contribution in [3.8, 4) is 0 Å². The molecule has 1 fully saturated rings. The maximum absolute atomic E-state index is 5.41. The summed E-state index contributed by atoms with van der Waals surface area (Å²) in [4.78, 5) is 6.40. The third-order valence-electron chi connectivity index (χ3n) is 3.20. The van der Waals surface area contributed by atoms with Crippen LogP contribution in [0, 0.1) is 0 Å². The molecule has 5 nitrogen and oxygen atoms in total. The number of hydrazone groups is 1. The first kappa shape index (κ1) is 14.9. The van der Waals surface area contributed by atoms with Gasteiger partial charge in [0.25, 0.3) is 0 Å². The summed E-state index contributed by atoms with van der Waals surface area (Å²) >= 11 is 5.41. The molecular weight excluding hydrogens is 270 g/mol. The fourth-order valence-electron chi connectivity index (χ4n) is 2.33. The Bertz CT molecular complexity index is 478. The molecule has 0 aromatic carbocycles. The molecule has 2 atom stereocenters. The van der Waals surface area contributed by atoms with Crippen LogP contribution in [0.25, 0.3) is 0 Å². The van der Waals surface area contributed by atoms with Gasteiger partial charge in [0.2, 0.25) is 0 Å². The molecule has 2 rings (SSSR count). The van der Waals surface area contributed by atoms with Crippen LogP contribution in [0.4, 0.5) is 0 Å². The van der Waals surface area contributed by atoms with Crippen molar-refractivity contribution in [3.63, 3.8) is 0 Å². The van der Waals surface area contributed by atoms with Crippen molar-refractivity contribution in [1.82, 2.24) is 20.6 Å². The normalized spacial score (nSPS) is 23.6. The van der Waals surface area contributed by atoms with Crippen LogP contribution in [0.15, 0.2) is 29.5 Å². The van der Waals surface area contributed by atoms with Crippen molar-refractivity contribution in [2.24, 2.45) is 5.10 Å². The number of thiocarbonyl (C=S) groups is 1. The molecule has 0 saturated carbocycles. The lowest BCUT2D eigenvalue weighted by atomic mass is 10.2. The Balaban J connectivity index is 1.94. The molecule has 2 unspecified atom stereocenters. The van der Waals surface area contributed by atoms with E-state index in [9.17, 15) is 0 Å². The predicted octanol–water partition coefficient (Wildman–Crippen LogP) is 1.36. The second-order valence-electron chi connectivity index (χ2n) is 5.20. The third kappa shape index (κ3) is 3.98. The molecule has 1 aliphatic heterocycles. The van der Waals surface area contributed by atoms with Crippen molar-refractivity contribution < 1.29 is 0 Å². The van der Waals surface area contributed by atoms with E-state index >= 15 is 0 Å². The van der Waals surface area contributed by atoms with Gasteiger partial charge in [-0.15, -0.1) is 0 Å². The van der Waals surface area contributed by atoms with Gasteiger partial charge in [0.05, 0.1) is 11.4 Å². The van der Waals surface area contributed by atoms with Crippen LogP contribution < -0.4 is 10.7 Å². The van der Waals surface area contributed by atoms with Crippen LogP contribution in [-0.2, 0) is 0 Å². The van der Waals surface area contributed by atoms with E-state index in [1.165, 1.54) is 0 Å². The van der Waals surface area contributed by atoms with E-state index in [4.69, 9.17) is 12.2 Å². The summed E-state index contributed by atoms with van der Waals surface area (Å²) in [5.74, 6) is 0. The maximum atomic E-state index is 5.41. The molecule has 6 heteroatoms. The molecule has 2 N–H and O–H groups in total. The van der Waals surface area contributed by atoms with Crippen molar-refractivity contribution in [1.29, 1.82) is 0 Å². The number of nitrogens with zero attached hydrogens (tertiary/aromatic N) is 3. The highest BCUT2D eigenvalue weighted by Crippen LogP contribution is 2.04. The molecule has 0 aliphatic carbocycles. The molecule has 1 aromatic rings. The summed E-state index contributed by atoms with van der Waals surface area (Å²) in [6, 6.07) is 6.62.